The van der Waals surface area contributed by atoms with Gasteiger partial charge in [0.1, 0.15) is 0 Å². The minimum Gasteiger partial charge on any atom is -0.296 e. The van der Waals surface area contributed by atoms with Gasteiger partial charge in [0.2, 0.25) is 0 Å². The molecule has 0 saturated heterocycles. The number of nitrogens with one attached hydrogen (secondary N) is 1. The Balaban J connectivity index is 3.41. The van der Waals surface area contributed by atoms with Crippen LogP contribution in [-0.4, -0.2) is 12.1 Å². The van der Waals surface area contributed by atoms with Gasteiger partial charge < -0.3 is 0 Å². The highest BCUT2D eigenvalue weighted by atomic mass is 16.7. The van der Waals surface area contributed by atoms with Crippen LogP contribution in [-0.2, 0) is 4.84 Å². The van der Waals surface area contributed by atoms with E-state index >= 15 is 0 Å². The number of hydrogen-bond donors (Lipinski definition) is 1. The molecule has 2 heteroatoms. The number of hydroxylamine groups is 1. The molecule has 0 radical (unpaired) electrons. The van der Waals surface area contributed by atoms with Gasteiger partial charge >= 0.3 is 0 Å². The van der Waals surface area contributed by atoms with E-state index in [9.17, 15) is 0 Å². The molecule has 0 aliphatic heterocycles. The van der Waals surface area contributed by atoms with Crippen molar-refractivity contribution in [2.24, 2.45) is 5.92 Å². The van der Waals surface area contributed by atoms with E-state index in [-0.39, 0.29) is 5.60 Å². The van der Waals surface area contributed by atoms with Crippen LogP contribution < -0.4 is 5.48 Å². The molecule has 0 spiro atoms. The van der Waals surface area contributed by atoms with Gasteiger partial charge in [0.25, 0.3) is 0 Å². The predicted molar refractivity (Wildman–Crippen MR) is 52.9 cm³/mol. The van der Waals surface area contributed by atoms with Gasteiger partial charge in [-0.1, -0.05) is 26.7 Å². The second-order valence-corrected chi connectivity index (χ2v) is 4.25. The Labute approximate surface area is 76.6 Å². The highest BCUT2D eigenvalue weighted by Gasteiger charge is 2.11. The van der Waals surface area contributed by atoms with Gasteiger partial charge in [0.15, 0.2) is 0 Å². The summed E-state index contributed by atoms with van der Waals surface area (Å²) in [5, 5.41) is 0. The fourth-order valence-corrected chi connectivity index (χ4v) is 0.953. The maximum atomic E-state index is 5.41. The molecule has 0 fully saturated rings. The molecule has 0 saturated carbocycles. The molecule has 0 aromatic rings. The molecule has 0 aliphatic rings. The van der Waals surface area contributed by atoms with E-state index in [1.165, 1.54) is 12.8 Å². The second-order valence-electron chi connectivity index (χ2n) is 4.25. The summed E-state index contributed by atoms with van der Waals surface area (Å²) < 4.78 is 0. The van der Waals surface area contributed by atoms with Crippen LogP contribution >= 0.6 is 0 Å². The first kappa shape index (κ1) is 11.9. The minimum atomic E-state index is -0.0773. The summed E-state index contributed by atoms with van der Waals surface area (Å²) in [4.78, 5) is 5.41. The normalized spacial score (nSPS) is 12.5. The third-order valence-corrected chi connectivity index (χ3v) is 1.91. The molecule has 0 aromatic heterocycles. The first-order chi connectivity index (χ1) is 5.49. The number of rotatable bonds is 5. The molecule has 0 aliphatic carbocycles. The van der Waals surface area contributed by atoms with Crippen molar-refractivity contribution in [3.8, 4) is 0 Å². The highest BCUT2D eigenvalue weighted by molar-refractivity contribution is 4.59. The molecular formula is C10H23NO. The predicted octanol–water partition coefficient (Wildman–Crippen LogP) is 2.74. The van der Waals surface area contributed by atoms with Crippen LogP contribution in [0.15, 0.2) is 0 Å². The summed E-state index contributed by atoms with van der Waals surface area (Å²) in [5.74, 6) is 0.743. The van der Waals surface area contributed by atoms with Gasteiger partial charge in [-0.15, -0.1) is 0 Å². The third kappa shape index (κ3) is 6.62. The van der Waals surface area contributed by atoms with Crippen LogP contribution in [0.25, 0.3) is 0 Å². The summed E-state index contributed by atoms with van der Waals surface area (Å²) in [5.41, 5.74) is 2.95. The van der Waals surface area contributed by atoms with E-state index in [0.29, 0.717) is 0 Å². The molecule has 0 heterocycles. The van der Waals surface area contributed by atoms with Crippen LogP contribution in [0.3, 0.4) is 0 Å². The van der Waals surface area contributed by atoms with E-state index in [1.54, 1.807) is 0 Å². The van der Waals surface area contributed by atoms with E-state index in [4.69, 9.17) is 4.84 Å². The molecule has 12 heavy (non-hydrogen) atoms. The molecular weight excluding hydrogens is 150 g/mol. The number of hydrogen-bond acceptors (Lipinski definition) is 2. The molecule has 0 unspecified atom stereocenters. The first-order valence-electron chi connectivity index (χ1n) is 4.90. The Bertz CT molecular complexity index is 103. The first-order valence-corrected chi connectivity index (χ1v) is 4.90. The second kappa shape index (κ2) is 5.55. The molecule has 0 aromatic carbocycles. The molecule has 1 N–H and O–H groups in total. The van der Waals surface area contributed by atoms with Crippen molar-refractivity contribution in [1.82, 2.24) is 5.48 Å². The smallest absolute Gasteiger partial charge is 0.0812 e. The van der Waals surface area contributed by atoms with E-state index in [0.717, 1.165) is 12.5 Å². The van der Waals surface area contributed by atoms with Crippen LogP contribution in [0.5, 0.6) is 0 Å². The van der Waals surface area contributed by atoms with Gasteiger partial charge in [-0.3, -0.25) is 4.84 Å². The quantitative estimate of drug-likeness (QED) is 0.645. The Kier molecular flexibility index (Phi) is 5.51. The highest BCUT2D eigenvalue weighted by Crippen LogP contribution is 2.07. The summed E-state index contributed by atoms with van der Waals surface area (Å²) in [6, 6.07) is 0. The van der Waals surface area contributed by atoms with Crippen LogP contribution in [0.4, 0.5) is 0 Å². The Morgan fingerprint density at radius 3 is 2.00 bits per heavy atom. The monoisotopic (exact) mass is 173 g/mol. The fraction of sp³-hybridized carbons (Fsp3) is 1.00. The van der Waals surface area contributed by atoms with Crippen LogP contribution in [0.1, 0.15) is 47.5 Å². The third-order valence-electron chi connectivity index (χ3n) is 1.91. The van der Waals surface area contributed by atoms with Crippen LogP contribution in [0, 0.1) is 5.92 Å². The average molecular weight is 173 g/mol. The topological polar surface area (TPSA) is 21.3 Å². The molecule has 0 atom stereocenters. The Morgan fingerprint density at radius 2 is 1.67 bits per heavy atom. The lowest BCUT2D eigenvalue weighted by atomic mass is 10.0. The maximum Gasteiger partial charge on any atom is 0.0812 e. The van der Waals surface area contributed by atoms with Gasteiger partial charge in [-0.05, 0) is 26.7 Å². The zero-order chi connectivity index (χ0) is 9.61. The van der Waals surface area contributed by atoms with Gasteiger partial charge in [-0.2, -0.15) is 0 Å². The molecule has 74 valence electrons. The zero-order valence-electron chi connectivity index (χ0n) is 9.11. The standard InChI is InChI=1S/C10H23NO/c1-6-9(7-2)8-11-12-10(3,4)5/h9,11H,6-8H2,1-5H3. The molecule has 0 amide bonds. The lowest BCUT2D eigenvalue weighted by molar-refractivity contribution is -0.0772. The molecule has 0 bridgehead atoms. The summed E-state index contributed by atoms with van der Waals surface area (Å²) in [6.07, 6.45) is 2.44. The van der Waals surface area contributed by atoms with Gasteiger partial charge in [0, 0.05) is 6.54 Å². The van der Waals surface area contributed by atoms with E-state index < -0.39 is 0 Å². The van der Waals surface area contributed by atoms with Crippen molar-refractivity contribution in [3.05, 3.63) is 0 Å². The summed E-state index contributed by atoms with van der Waals surface area (Å²) >= 11 is 0. The molecule has 2 nitrogen and oxygen atoms in total. The Morgan fingerprint density at radius 1 is 1.17 bits per heavy atom. The summed E-state index contributed by atoms with van der Waals surface area (Å²) in [6.45, 7) is 11.5. The molecule has 0 rings (SSSR count). The summed E-state index contributed by atoms with van der Waals surface area (Å²) in [7, 11) is 0. The maximum absolute atomic E-state index is 5.41. The lowest BCUT2D eigenvalue weighted by Gasteiger charge is -2.21. The zero-order valence-corrected chi connectivity index (χ0v) is 9.11. The van der Waals surface area contributed by atoms with Gasteiger partial charge in [-0.25, -0.2) is 5.48 Å². The van der Waals surface area contributed by atoms with Crippen molar-refractivity contribution in [2.75, 3.05) is 6.54 Å². The SMILES string of the molecule is CCC(CC)CNOC(C)(C)C. The van der Waals surface area contributed by atoms with Crippen molar-refractivity contribution in [1.29, 1.82) is 0 Å². The van der Waals surface area contributed by atoms with Crippen molar-refractivity contribution in [2.45, 2.75) is 53.1 Å². The van der Waals surface area contributed by atoms with Crippen molar-refractivity contribution in [3.63, 3.8) is 0 Å². The minimum absolute atomic E-state index is 0.0773. The largest absolute Gasteiger partial charge is 0.296 e. The van der Waals surface area contributed by atoms with Gasteiger partial charge in [0.05, 0.1) is 5.60 Å². The average Bonchev–Trinajstić information content (AvgIpc) is 1.96. The van der Waals surface area contributed by atoms with E-state index in [2.05, 4.69) is 19.3 Å². The lowest BCUT2D eigenvalue weighted by Crippen LogP contribution is -2.32. The Hall–Kier alpha value is -0.0800. The van der Waals surface area contributed by atoms with Crippen molar-refractivity contribution >= 4 is 0 Å². The fourth-order valence-electron chi connectivity index (χ4n) is 0.953. The van der Waals surface area contributed by atoms with Crippen LogP contribution in [0.2, 0.25) is 0 Å². The van der Waals surface area contributed by atoms with Crippen molar-refractivity contribution < 1.29 is 4.84 Å². The van der Waals surface area contributed by atoms with E-state index in [1.807, 2.05) is 20.8 Å².